The predicted molar refractivity (Wildman–Crippen MR) is 104 cm³/mol. The fourth-order valence-electron chi connectivity index (χ4n) is 3.44. The summed E-state index contributed by atoms with van der Waals surface area (Å²) in [5.74, 6) is 0.907. The molecule has 0 bridgehead atoms. The lowest BCUT2D eigenvalue weighted by atomic mass is 9.83. The smallest absolute Gasteiger partial charge is 0.191 e. The van der Waals surface area contributed by atoms with Gasteiger partial charge in [0, 0.05) is 36.6 Å². The summed E-state index contributed by atoms with van der Waals surface area (Å²) in [6.45, 7) is 7.79. The van der Waals surface area contributed by atoms with Gasteiger partial charge in [-0.3, -0.25) is 4.99 Å². The average Bonchev–Trinajstić information content (AvgIpc) is 3.25. The highest BCUT2D eigenvalue weighted by Crippen LogP contribution is 2.40. The molecule has 24 heavy (non-hydrogen) atoms. The van der Waals surface area contributed by atoms with Gasteiger partial charge in [-0.05, 0) is 50.2 Å². The number of rotatable bonds is 9. The quantitative estimate of drug-likeness (QED) is 0.402. The number of guanidine groups is 1. The lowest BCUT2D eigenvalue weighted by Crippen LogP contribution is -2.43. The second-order valence-electron chi connectivity index (χ2n) is 6.65. The number of nitrogens with zero attached hydrogens (tertiary/aromatic N) is 1. The molecule has 5 heteroatoms. The molecule has 1 aliphatic carbocycles. The Morgan fingerprint density at radius 2 is 1.96 bits per heavy atom. The zero-order valence-electron chi connectivity index (χ0n) is 15.5. The molecule has 1 aromatic rings. The highest BCUT2D eigenvalue weighted by Gasteiger charge is 2.33. The van der Waals surface area contributed by atoms with Crippen LogP contribution in [-0.2, 0) is 17.7 Å². The Morgan fingerprint density at radius 3 is 2.58 bits per heavy atom. The zero-order valence-corrected chi connectivity index (χ0v) is 16.3. The summed E-state index contributed by atoms with van der Waals surface area (Å²) in [4.78, 5) is 7.19. The molecular formula is C19H33N3OS. The molecule has 1 saturated carbocycles. The van der Waals surface area contributed by atoms with Crippen LogP contribution in [0.2, 0.25) is 0 Å². The van der Waals surface area contributed by atoms with E-state index in [1.165, 1.54) is 35.4 Å². The van der Waals surface area contributed by atoms with E-state index in [9.17, 15) is 0 Å². The largest absolute Gasteiger partial charge is 0.382 e. The predicted octanol–water partition coefficient (Wildman–Crippen LogP) is 3.96. The highest BCUT2D eigenvalue weighted by atomic mass is 32.1. The summed E-state index contributed by atoms with van der Waals surface area (Å²) >= 11 is 1.88. The zero-order chi connectivity index (χ0) is 17.3. The van der Waals surface area contributed by atoms with Crippen LogP contribution < -0.4 is 10.6 Å². The number of hydrogen-bond acceptors (Lipinski definition) is 3. The number of aryl methyl sites for hydroxylation is 1. The van der Waals surface area contributed by atoms with Crippen molar-refractivity contribution in [3.05, 3.63) is 21.9 Å². The fourth-order valence-corrected chi connectivity index (χ4v) is 4.34. The molecule has 0 spiro atoms. The van der Waals surface area contributed by atoms with E-state index in [0.29, 0.717) is 5.41 Å². The molecule has 2 rings (SSSR count). The Kier molecular flexibility index (Phi) is 8.06. The Bertz CT molecular complexity index is 506. The SMILES string of the molecule is CCOCCC1(CNC(=NC)NCc2ccc(CC)s2)CCCC1. The monoisotopic (exact) mass is 351 g/mol. The molecule has 1 heterocycles. The summed E-state index contributed by atoms with van der Waals surface area (Å²) in [6, 6.07) is 4.43. The normalized spacial score (nSPS) is 17.2. The van der Waals surface area contributed by atoms with Gasteiger partial charge in [0.25, 0.3) is 0 Å². The molecule has 2 N–H and O–H groups in total. The molecule has 1 fully saturated rings. The third kappa shape index (κ3) is 5.78. The van der Waals surface area contributed by atoms with E-state index >= 15 is 0 Å². The third-order valence-electron chi connectivity index (χ3n) is 5.00. The minimum Gasteiger partial charge on any atom is -0.382 e. The maximum absolute atomic E-state index is 5.60. The van der Waals surface area contributed by atoms with Crippen LogP contribution in [0.5, 0.6) is 0 Å². The molecule has 1 aliphatic rings. The van der Waals surface area contributed by atoms with E-state index in [0.717, 1.165) is 45.1 Å². The van der Waals surface area contributed by atoms with Crippen molar-refractivity contribution in [1.82, 2.24) is 10.6 Å². The second-order valence-corrected chi connectivity index (χ2v) is 7.91. The van der Waals surface area contributed by atoms with Crippen molar-refractivity contribution in [3.63, 3.8) is 0 Å². The van der Waals surface area contributed by atoms with Gasteiger partial charge < -0.3 is 15.4 Å². The Morgan fingerprint density at radius 1 is 1.21 bits per heavy atom. The molecule has 0 atom stereocenters. The molecule has 136 valence electrons. The van der Waals surface area contributed by atoms with Gasteiger partial charge >= 0.3 is 0 Å². The molecular weight excluding hydrogens is 318 g/mol. The van der Waals surface area contributed by atoms with Crippen LogP contribution in [-0.4, -0.2) is 32.8 Å². The molecule has 0 aliphatic heterocycles. The fraction of sp³-hybridized carbons (Fsp3) is 0.737. The lowest BCUT2D eigenvalue weighted by Gasteiger charge is -2.30. The van der Waals surface area contributed by atoms with Crippen molar-refractivity contribution in [2.75, 3.05) is 26.8 Å². The van der Waals surface area contributed by atoms with Crippen LogP contribution in [0.1, 0.15) is 55.7 Å². The summed E-state index contributed by atoms with van der Waals surface area (Å²) in [7, 11) is 1.85. The van der Waals surface area contributed by atoms with E-state index in [2.05, 4.69) is 41.6 Å². The van der Waals surface area contributed by atoms with E-state index in [4.69, 9.17) is 4.74 Å². The van der Waals surface area contributed by atoms with Crippen molar-refractivity contribution in [2.45, 2.75) is 58.9 Å². The van der Waals surface area contributed by atoms with Gasteiger partial charge in [-0.1, -0.05) is 19.8 Å². The van der Waals surface area contributed by atoms with Crippen molar-refractivity contribution < 1.29 is 4.74 Å². The van der Waals surface area contributed by atoms with Crippen molar-refractivity contribution in [1.29, 1.82) is 0 Å². The van der Waals surface area contributed by atoms with Gasteiger partial charge in [-0.15, -0.1) is 11.3 Å². The van der Waals surface area contributed by atoms with Crippen LogP contribution in [0.15, 0.2) is 17.1 Å². The summed E-state index contributed by atoms with van der Waals surface area (Å²) in [6.07, 6.45) is 7.54. The highest BCUT2D eigenvalue weighted by molar-refractivity contribution is 7.11. The molecule has 4 nitrogen and oxygen atoms in total. The molecule has 0 aromatic carbocycles. The first-order valence-corrected chi connectivity index (χ1v) is 10.1. The topological polar surface area (TPSA) is 45.6 Å². The van der Waals surface area contributed by atoms with Crippen LogP contribution in [0.25, 0.3) is 0 Å². The Balaban J connectivity index is 1.80. The summed E-state index contributed by atoms with van der Waals surface area (Å²) in [5.41, 5.74) is 0.380. The van der Waals surface area contributed by atoms with Gasteiger partial charge in [-0.25, -0.2) is 0 Å². The maximum Gasteiger partial charge on any atom is 0.191 e. The van der Waals surface area contributed by atoms with Crippen LogP contribution in [0, 0.1) is 5.41 Å². The second kappa shape index (κ2) is 10.0. The summed E-state index contributed by atoms with van der Waals surface area (Å²) < 4.78 is 5.60. The van der Waals surface area contributed by atoms with Gasteiger partial charge in [0.1, 0.15) is 0 Å². The van der Waals surface area contributed by atoms with Crippen molar-refractivity contribution in [3.8, 4) is 0 Å². The first kappa shape index (κ1) is 19.3. The van der Waals surface area contributed by atoms with Crippen LogP contribution in [0.3, 0.4) is 0 Å². The number of ether oxygens (including phenoxy) is 1. The first-order chi connectivity index (χ1) is 11.7. The Hall–Kier alpha value is -1.07. The average molecular weight is 352 g/mol. The molecule has 0 unspecified atom stereocenters. The number of thiophene rings is 1. The molecule has 0 amide bonds. The number of nitrogens with one attached hydrogen (secondary N) is 2. The molecule has 0 saturated heterocycles. The number of hydrogen-bond donors (Lipinski definition) is 2. The van der Waals surface area contributed by atoms with Crippen molar-refractivity contribution >= 4 is 17.3 Å². The first-order valence-electron chi connectivity index (χ1n) is 9.31. The van der Waals surface area contributed by atoms with Gasteiger partial charge in [0.2, 0.25) is 0 Å². The minimum absolute atomic E-state index is 0.380. The van der Waals surface area contributed by atoms with E-state index < -0.39 is 0 Å². The van der Waals surface area contributed by atoms with Crippen molar-refractivity contribution in [2.24, 2.45) is 10.4 Å². The minimum atomic E-state index is 0.380. The van der Waals surface area contributed by atoms with Gasteiger partial charge in [0.05, 0.1) is 6.54 Å². The van der Waals surface area contributed by atoms with E-state index in [1.54, 1.807) is 0 Å². The lowest BCUT2D eigenvalue weighted by molar-refractivity contribution is 0.105. The third-order valence-corrected chi connectivity index (χ3v) is 6.22. The Labute approximate surface area is 151 Å². The standard InChI is InChI=1S/C19H33N3OS/c1-4-16-8-9-17(24-16)14-21-18(20-3)22-15-19(10-6-7-11-19)12-13-23-5-2/h8-9H,4-7,10-15H2,1-3H3,(H2,20,21,22). The van der Waals surface area contributed by atoms with Crippen LogP contribution >= 0.6 is 11.3 Å². The van der Waals surface area contributed by atoms with Crippen LogP contribution in [0.4, 0.5) is 0 Å². The van der Waals surface area contributed by atoms with E-state index in [-0.39, 0.29) is 0 Å². The molecule has 1 aromatic heterocycles. The van der Waals surface area contributed by atoms with Gasteiger partial charge in [0.15, 0.2) is 5.96 Å². The summed E-state index contributed by atoms with van der Waals surface area (Å²) in [5, 5.41) is 7.01. The molecule has 0 radical (unpaired) electrons. The van der Waals surface area contributed by atoms with E-state index in [1.807, 2.05) is 18.4 Å². The van der Waals surface area contributed by atoms with Gasteiger partial charge in [-0.2, -0.15) is 0 Å². The number of aliphatic imine (C=N–C) groups is 1. The maximum atomic E-state index is 5.60.